The molecule has 0 unspecified atom stereocenters. The van der Waals surface area contributed by atoms with Gasteiger partial charge in [-0.2, -0.15) is 0 Å². The summed E-state index contributed by atoms with van der Waals surface area (Å²) in [6.07, 6.45) is 1.66. The third-order valence-corrected chi connectivity index (χ3v) is 5.59. The van der Waals surface area contributed by atoms with Gasteiger partial charge in [-0.1, -0.05) is 81.4 Å². The first-order valence-electron chi connectivity index (χ1n) is 9.68. The van der Waals surface area contributed by atoms with Gasteiger partial charge in [0.15, 0.2) is 0 Å². The number of benzene rings is 2. The Morgan fingerprint density at radius 1 is 1.00 bits per heavy atom. The zero-order valence-electron chi connectivity index (χ0n) is 16.4. The Labute approximate surface area is 161 Å². The molecule has 27 heavy (non-hydrogen) atoms. The number of hydrogen-bond donors (Lipinski definition) is 0. The van der Waals surface area contributed by atoms with Crippen LogP contribution in [0.3, 0.4) is 0 Å². The summed E-state index contributed by atoms with van der Waals surface area (Å²) in [6.45, 7) is 5.80. The van der Waals surface area contributed by atoms with Crippen LogP contribution in [-0.4, -0.2) is 17.9 Å². The number of carbonyl (C=O) groups excluding carboxylic acids is 2. The lowest BCUT2D eigenvalue weighted by Crippen LogP contribution is -2.48. The third-order valence-electron chi connectivity index (χ3n) is 5.59. The summed E-state index contributed by atoms with van der Waals surface area (Å²) in [5, 5.41) is 0. The quantitative estimate of drug-likeness (QED) is 0.695. The third kappa shape index (κ3) is 3.97. The summed E-state index contributed by atoms with van der Waals surface area (Å²) in [5.74, 6) is 0.0184. The van der Waals surface area contributed by atoms with Gasteiger partial charge >= 0.3 is 5.97 Å². The highest BCUT2D eigenvalue weighted by Crippen LogP contribution is 2.45. The van der Waals surface area contributed by atoms with E-state index in [1.165, 1.54) is 0 Å². The Bertz CT molecular complexity index is 748. The summed E-state index contributed by atoms with van der Waals surface area (Å²) in [5.41, 5.74) is 1.46. The largest absolute Gasteiger partial charge is 0.461 e. The van der Waals surface area contributed by atoms with E-state index in [1.807, 2.05) is 57.2 Å². The molecule has 1 atom stereocenters. The van der Waals surface area contributed by atoms with Crippen molar-refractivity contribution >= 4 is 11.8 Å². The van der Waals surface area contributed by atoms with Crippen molar-refractivity contribution in [2.24, 2.45) is 5.41 Å². The van der Waals surface area contributed by atoms with Crippen LogP contribution in [0.4, 0.5) is 0 Å². The van der Waals surface area contributed by atoms with Gasteiger partial charge in [0.2, 0.25) is 0 Å². The van der Waals surface area contributed by atoms with Crippen LogP contribution in [0.2, 0.25) is 0 Å². The van der Waals surface area contributed by atoms with Crippen molar-refractivity contribution in [2.45, 2.75) is 58.0 Å². The first kappa shape index (κ1) is 19.3. The standard InChI is InChI=1S/C24H28O3/c1-23(2,3)20(25)14-15-21-24(17-16-22(26)27-21,18-10-6-4-7-11-18)19-12-8-5-9-13-19/h4-13,21H,14-17H2,1-3H3/t21-/m0/s1. The smallest absolute Gasteiger partial charge is 0.306 e. The summed E-state index contributed by atoms with van der Waals surface area (Å²) < 4.78 is 5.88. The molecule has 1 aliphatic heterocycles. The normalized spacial score (nSPS) is 19.4. The fraction of sp³-hybridized carbons (Fsp3) is 0.417. The van der Waals surface area contributed by atoms with Gasteiger partial charge in [0.1, 0.15) is 11.9 Å². The summed E-state index contributed by atoms with van der Waals surface area (Å²) in [6, 6.07) is 20.5. The van der Waals surface area contributed by atoms with Crippen molar-refractivity contribution in [3.63, 3.8) is 0 Å². The van der Waals surface area contributed by atoms with E-state index in [2.05, 4.69) is 24.3 Å². The van der Waals surface area contributed by atoms with Gasteiger partial charge < -0.3 is 4.74 Å². The van der Waals surface area contributed by atoms with E-state index in [4.69, 9.17) is 4.74 Å². The summed E-state index contributed by atoms with van der Waals surface area (Å²) in [4.78, 5) is 24.7. The predicted molar refractivity (Wildman–Crippen MR) is 106 cm³/mol. The minimum absolute atomic E-state index is 0.175. The molecule has 0 radical (unpaired) electrons. The number of esters is 1. The van der Waals surface area contributed by atoms with Crippen molar-refractivity contribution in [1.29, 1.82) is 0 Å². The van der Waals surface area contributed by atoms with Crippen molar-refractivity contribution in [3.8, 4) is 0 Å². The van der Waals surface area contributed by atoms with Crippen LogP contribution in [0.25, 0.3) is 0 Å². The lowest BCUT2D eigenvalue weighted by molar-refractivity contribution is -0.160. The molecule has 0 bridgehead atoms. The molecule has 1 heterocycles. The van der Waals surface area contributed by atoms with E-state index in [-0.39, 0.29) is 23.3 Å². The molecule has 2 aromatic carbocycles. The number of ketones is 1. The Balaban J connectivity index is 2.03. The summed E-state index contributed by atoms with van der Waals surface area (Å²) >= 11 is 0. The molecule has 0 saturated carbocycles. The number of cyclic esters (lactones) is 1. The molecule has 1 fully saturated rings. The van der Waals surface area contributed by atoms with E-state index in [9.17, 15) is 9.59 Å². The molecular weight excluding hydrogens is 336 g/mol. The maximum absolute atomic E-state index is 12.5. The first-order chi connectivity index (χ1) is 12.8. The molecule has 0 amide bonds. The van der Waals surface area contributed by atoms with Gasteiger partial charge in [-0.05, 0) is 24.0 Å². The average Bonchev–Trinajstić information content (AvgIpc) is 2.67. The van der Waals surface area contributed by atoms with E-state index in [0.29, 0.717) is 25.7 Å². The van der Waals surface area contributed by atoms with Crippen LogP contribution in [0.15, 0.2) is 60.7 Å². The topological polar surface area (TPSA) is 43.4 Å². The molecule has 1 aliphatic rings. The van der Waals surface area contributed by atoms with E-state index < -0.39 is 5.41 Å². The van der Waals surface area contributed by atoms with Gasteiger partial charge in [-0.3, -0.25) is 9.59 Å². The Morgan fingerprint density at radius 2 is 1.52 bits per heavy atom. The molecule has 3 rings (SSSR count). The summed E-state index contributed by atoms with van der Waals surface area (Å²) in [7, 11) is 0. The van der Waals surface area contributed by atoms with Crippen LogP contribution in [0, 0.1) is 5.41 Å². The highest BCUT2D eigenvalue weighted by molar-refractivity contribution is 5.83. The maximum Gasteiger partial charge on any atom is 0.306 e. The van der Waals surface area contributed by atoms with E-state index in [0.717, 1.165) is 11.1 Å². The lowest BCUT2D eigenvalue weighted by atomic mass is 9.65. The predicted octanol–water partition coefficient (Wildman–Crippen LogP) is 5.07. The number of hydrogen-bond acceptors (Lipinski definition) is 3. The second-order valence-electron chi connectivity index (χ2n) is 8.39. The van der Waals surface area contributed by atoms with Gasteiger partial charge in [0, 0.05) is 18.3 Å². The van der Waals surface area contributed by atoms with Crippen LogP contribution in [-0.2, 0) is 19.7 Å². The zero-order chi connectivity index (χ0) is 19.5. The lowest BCUT2D eigenvalue weighted by Gasteiger charge is -2.44. The monoisotopic (exact) mass is 364 g/mol. The van der Waals surface area contributed by atoms with Gasteiger partial charge in [0.05, 0.1) is 5.41 Å². The fourth-order valence-electron chi connectivity index (χ4n) is 4.02. The molecule has 3 heteroatoms. The molecule has 142 valence electrons. The molecule has 1 saturated heterocycles. The molecule has 0 aliphatic carbocycles. The minimum Gasteiger partial charge on any atom is -0.461 e. The highest BCUT2D eigenvalue weighted by atomic mass is 16.5. The Kier molecular flexibility index (Phi) is 5.50. The minimum atomic E-state index is -0.422. The maximum atomic E-state index is 12.5. The number of rotatable bonds is 5. The molecule has 2 aromatic rings. The van der Waals surface area contributed by atoms with Crippen LogP contribution < -0.4 is 0 Å². The van der Waals surface area contributed by atoms with E-state index in [1.54, 1.807) is 0 Å². The van der Waals surface area contributed by atoms with Crippen LogP contribution >= 0.6 is 0 Å². The Hall–Kier alpha value is -2.42. The molecule has 0 N–H and O–H groups in total. The first-order valence-corrected chi connectivity index (χ1v) is 9.68. The van der Waals surface area contributed by atoms with Crippen molar-refractivity contribution in [2.75, 3.05) is 0 Å². The average molecular weight is 364 g/mol. The molecule has 3 nitrogen and oxygen atoms in total. The van der Waals surface area contributed by atoms with Crippen LogP contribution in [0.1, 0.15) is 57.6 Å². The van der Waals surface area contributed by atoms with Gasteiger partial charge in [0.25, 0.3) is 0 Å². The zero-order valence-corrected chi connectivity index (χ0v) is 16.4. The number of ether oxygens (including phenoxy) is 1. The Morgan fingerprint density at radius 3 is 2.00 bits per heavy atom. The second kappa shape index (κ2) is 7.67. The van der Waals surface area contributed by atoms with E-state index >= 15 is 0 Å². The molecule has 0 aromatic heterocycles. The van der Waals surface area contributed by atoms with Crippen molar-refractivity contribution in [1.82, 2.24) is 0 Å². The second-order valence-corrected chi connectivity index (χ2v) is 8.39. The van der Waals surface area contributed by atoms with Crippen molar-refractivity contribution < 1.29 is 14.3 Å². The van der Waals surface area contributed by atoms with Crippen LogP contribution in [0.5, 0.6) is 0 Å². The molecular formula is C24H28O3. The SMILES string of the molecule is CC(C)(C)C(=O)CC[C@@H]1OC(=O)CCC1(c1ccccc1)c1ccccc1. The fourth-order valence-corrected chi connectivity index (χ4v) is 4.02. The van der Waals surface area contributed by atoms with Gasteiger partial charge in [-0.15, -0.1) is 0 Å². The number of Topliss-reactive ketones (excluding diaryl/α,β-unsaturated/α-hetero) is 1. The highest BCUT2D eigenvalue weighted by Gasteiger charge is 2.47. The molecule has 0 spiro atoms. The van der Waals surface area contributed by atoms with Gasteiger partial charge in [-0.25, -0.2) is 0 Å². The van der Waals surface area contributed by atoms with Crippen molar-refractivity contribution in [3.05, 3.63) is 71.8 Å². The number of carbonyl (C=O) groups is 2.